The van der Waals surface area contributed by atoms with E-state index in [0.717, 1.165) is 33.4 Å². The predicted octanol–water partition coefficient (Wildman–Crippen LogP) is 4.30. The molecule has 1 atom stereocenters. The van der Waals surface area contributed by atoms with Crippen molar-refractivity contribution < 1.29 is 9.21 Å². The number of hydrogen-bond donors (Lipinski definition) is 1. The number of benzene rings is 2. The topological polar surface area (TPSA) is 60.1 Å². The van der Waals surface area contributed by atoms with Gasteiger partial charge in [0.2, 0.25) is 0 Å². The van der Waals surface area contributed by atoms with Gasteiger partial charge in [-0.25, -0.2) is 0 Å². The van der Waals surface area contributed by atoms with Crippen molar-refractivity contribution in [1.82, 2.24) is 15.1 Å². The molecular weight excluding hydrogens is 338 g/mol. The van der Waals surface area contributed by atoms with Crippen molar-refractivity contribution in [3.63, 3.8) is 0 Å². The van der Waals surface area contributed by atoms with Crippen LogP contribution in [0.2, 0.25) is 0 Å². The Morgan fingerprint density at radius 3 is 2.52 bits per heavy atom. The number of nitrogens with one attached hydrogen (secondary N) is 1. The van der Waals surface area contributed by atoms with E-state index in [1.54, 1.807) is 10.9 Å². The van der Waals surface area contributed by atoms with Crippen molar-refractivity contribution in [2.24, 2.45) is 7.05 Å². The third-order valence-corrected chi connectivity index (χ3v) is 4.93. The van der Waals surface area contributed by atoms with Crippen molar-refractivity contribution in [3.05, 3.63) is 88.9 Å². The summed E-state index contributed by atoms with van der Waals surface area (Å²) >= 11 is 0. The third kappa shape index (κ3) is 3.01. The number of aromatic nitrogens is 2. The van der Waals surface area contributed by atoms with Gasteiger partial charge in [-0.3, -0.25) is 9.48 Å². The smallest absolute Gasteiger partial charge is 0.288 e. The van der Waals surface area contributed by atoms with Crippen molar-refractivity contribution in [1.29, 1.82) is 0 Å². The maximum absolute atomic E-state index is 13.1. The minimum Gasteiger partial charge on any atom is -0.450 e. The van der Waals surface area contributed by atoms with Gasteiger partial charge in [-0.2, -0.15) is 5.10 Å². The molecule has 0 aliphatic carbocycles. The van der Waals surface area contributed by atoms with Gasteiger partial charge in [0.05, 0.1) is 11.7 Å². The Morgan fingerprint density at radius 2 is 1.85 bits per heavy atom. The van der Waals surface area contributed by atoms with Crippen molar-refractivity contribution in [3.8, 4) is 0 Å². The van der Waals surface area contributed by atoms with Crippen molar-refractivity contribution in [2.75, 3.05) is 0 Å². The number of carbonyl (C=O) groups is 1. The fourth-order valence-electron chi connectivity index (χ4n) is 3.44. The molecule has 4 rings (SSSR count). The minimum atomic E-state index is -0.320. The van der Waals surface area contributed by atoms with Crippen LogP contribution in [0, 0.1) is 13.8 Å². The summed E-state index contributed by atoms with van der Waals surface area (Å²) in [6.45, 7) is 3.90. The largest absolute Gasteiger partial charge is 0.450 e. The zero-order valence-electron chi connectivity index (χ0n) is 15.6. The fraction of sp³-hybridized carbons (Fsp3) is 0.182. The average Bonchev–Trinajstić information content (AvgIpc) is 3.25. The molecule has 2 aromatic heterocycles. The molecule has 136 valence electrons. The van der Waals surface area contributed by atoms with Crippen LogP contribution >= 0.6 is 0 Å². The highest BCUT2D eigenvalue weighted by Gasteiger charge is 2.24. The molecule has 27 heavy (non-hydrogen) atoms. The summed E-state index contributed by atoms with van der Waals surface area (Å²) in [6, 6.07) is 17.4. The summed E-state index contributed by atoms with van der Waals surface area (Å²) in [5.74, 6) is 0.112. The van der Waals surface area contributed by atoms with Crippen LogP contribution in [0.15, 0.2) is 65.2 Å². The molecule has 0 fully saturated rings. The molecule has 0 bridgehead atoms. The van der Waals surface area contributed by atoms with Crippen LogP contribution in [-0.4, -0.2) is 15.7 Å². The van der Waals surface area contributed by atoms with E-state index in [4.69, 9.17) is 4.42 Å². The van der Waals surface area contributed by atoms with E-state index in [1.165, 1.54) is 0 Å². The highest BCUT2D eigenvalue weighted by molar-refractivity contribution is 5.99. The number of amides is 1. The summed E-state index contributed by atoms with van der Waals surface area (Å²) in [5.41, 5.74) is 4.51. The number of hydrogen-bond acceptors (Lipinski definition) is 3. The molecule has 5 nitrogen and oxygen atoms in total. The number of carbonyl (C=O) groups excluding carboxylic acids is 1. The van der Waals surface area contributed by atoms with Gasteiger partial charge in [0.1, 0.15) is 5.58 Å². The maximum Gasteiger partial charge on any atom is 0.288 e. The van der Waals surface area contributed by atoms with E-state index in [0.29, 0.717) is 5.76 Å². The highest BCUT2D eigenvalue weighted by Crippen LogP contribution is 2.29. The maximum atomic E-state index is 13.1. The summed E-state index contributed by atoms with van der Waals surface area (Å²) in [4.78, 5) is 13.1. The Balaban J connectivity index is 1.74. The second-order valence-electron chi connectivity index (χ2n) is 6.70. The average molecular weight is 359 g/mol. The van der Waals surface area contributed by atoms with Gasteiger partial charge in [-0.15, -0.1) is 0 Å². The molecule has 0 aliphatic rings. The van der Waals surface area contributed by atoms with Crippen LogP contribution in [0.3, 0.4) is 0 Å². The Labute approximate surface area is 157 Å². The highest BCUT2D eigenvalue weighted by atomic mass is 16.3. The Bertz CT molecular complexity index is 1110. The quantitative estimate of drug-likeness (QED) is 0.591. The van der Waals surface area contributed by atoms with Crippen LogP contribution in [0.5, 0.6) is 0 Å². The first kappa shape index (κ1) is 17.1. The third-order valence-electron chi connectivity index (χ3n) is 4.93. The molecule has 0 spiro atoms. The molecule has 0 saturated heterocycles. The number of furan rings is 1. The summed E-state index contributed by atoms with van der Waals surface area (Å²) in [6.07, 6.45) is 1.73. The molecule has 0 aliphatic heterocycles. The molecule has 5 heteroatoms. The van der Waals surface area contributed by atoms with Crippen LogP contribution in [0.4, 0.5) is 0 Å². The fourth-order valence-corrected chi connectivity index (χ4v) is 3.44. The van der Waals surface area contributed by atoms with E-state index in [9.17, 15) is 4.79 Å². The normalized spacial score (nSPS) is 12.3. The number of aryl methyl sites for hydroxylation is 3. The lowest BCUT2D eigenvalue weighted by Gasteiger charge is -2.19. The van der Waals surface area contributed by atoms with Crippen LogP contribution in [0.25, 0.3) is 11.0 Å². The Kier molecular flexibility index (Phi) is 4.28. The second-order valence-corrected chi connectivity index (χ2v) is 6.70. The number of para-hydroxylation sites is 1. The first-order valence-corrected chi connectivity index (χ1v) is 8.88. The first-order chi connectivity index (χ1) is 13.1. The summed E-state index contributed by atoms with van der Waals surface area (Å²) < 4.78 is 7.71. The van der Waals surface area contributed by atoms with Gasteiger partial charge >= 0.3 is 0 Å². The molecule has 1 N–H and O–H groups in total. The Hall–Kier alpha value is -3.34. The summed E-state index contributed by atoms with van der Waals surface area (Å²) in [7, 11) is 1.87. The van der Waals surface area contributed by atoms with E-state index < -0.39 is 0 Å². The van der Waals surface area contributed by atoms with Gasteiger partial charge in [-0.1, -0.05) is 48.5 Å². The lowest BCUT2D eigenvalue weighted by atomic mass is 10.0. The standard InChI is InChI=1S/C22H21N3O2/c1-14-8-7-11-17-15(2)21(27-20(14)17)22(26)24-19(16-9-5-4-6-10-16)18-12-13-23-25(18)3/h4-13,19H,1-3H3,(H,24,26)/t19-/m1/s1. The zero-order chi connectivity index (χ0) is 19.0. The first-order valence-electron chi connectivity index (χ1n) is 8.88. The minimum absolute atomic E-state index is 0.238. The molecular formula is C22H21N3O2. The van der Waals surface area contributed by atoms with Gasteiger partial charge in [0, 0.05) is 24.2 Å². The molecule has 0 saturated carbocycles. The van der Waals surface area contributed by atoms with E-state index in [2.05, 4.69) is 10.4 Å². The second kappa shape index (κ2) is 6.76. The van der Waals surface area contributed by atoms with Gasteiger partial charge < -0.3 is 9.73 Å². The molecule has 2 heterocycles. The zero-order valence-corrected chi connectivity index (χ0v) is 15.6. The molecule has 0 unspecified atom stereocenters. The molecule has 0 radical (unpaired) electrons. The van der Waals surface area contributed by atoms with Gasteiger partial charge in [0.25, 0.3) is 5.91 Å². The predicted molar refractivity (Wildman–Crippen MR) is 105 cm³/mol. The number of fused-ring (bicyclic) bond motifs is 1. The van der Waals surface area contributed by atoms with E-state index >= 15 is 0 Å². The number of rotatable bonds is 4. The van der Waals surface area contributed by atoms with Gasteiger partial charge in [-0.05, 0) is 31.0 Å². The van der Waals surface area contributed by atoms with E-state index in [1.807, 2.05) is 75.5 Å². The Morgan fingerprint density at radius 1 is 1.07 bits per heavy atom. The SMILES string of the molecule is Cc1c(C(=O)N[C@H](c2ccccc2)c2ccnn2C)oc2c(C)cccc12. The number of nitrogens with zero attached hydrogens (tertiary/aromatic N) is 2. The lowest BCUT2D eigenvalue weighted by Crippen LogP contribution is -2.30. The molecule has 4 aromatic rings. The van der Waals surface area contributed by atoms with Crippen LogP contribution in [0.1, 0.15) is 39.0 Å². The van der Waals surface area contributed by atoms with Crippen LogP contribution in [-0.2, 0) is 7.05 Å². The van der Waals surface area contributed by atoms with Crippen LogP contribution < -0.4 is 5.32 Å². The monoisotopic (exact) mass is 359 g/mol. The summed E-state index contributed by atoms with van der Waals surface area (Å²) in [5, 5.41) is 8.34. The van der Waals surface area contributed by atoms with E-state index in [-0.39, 0.29) is 11.9 Å². The molecule has 1 amide bonds. The lowest BCUT2D eigenvalue weighted by molar-refractivity contribution is 0.0915. The van der Waals surface area contributed by atoms with Crippen molar-refractivity contribution in [2.45, 2.75) is 19.9 Å². The van der Waals surface area contributed by atoms with Crippen molar-refractivity contribution >= 4 is 16.9 Å². The van der Waals surface area contributed by atoms with Gasteiger partial charge in [0.15, 0.2) is 5.76 Å². The molecule has 2 aromatic carbocycles.